The summed E-state index contributed by atoms with van der Waals surface area (Å²) in [6, 6.07) is 7.44. The molecule has 6 heteroatoms. The lowest BCUT2D eigenvalue weighted by molar-refractivity contribution is 0.0897. The number of aromatic nitrogens is 1. The predicted octanol–water partition coefficient (Wildman–Crippen LogP) is 1.36. The van der Waals surface area contributed by atoms with Crippen molar-refractivity contribution in [1.29, 1.82) is 0 Å². The molecule has 2 aliphatic rings. The number of rotatable bonds is 3. The van der Waals surface area contributed by atoms with Crippen LogP contribution in [-0.2, 0) is 0 Å². The van der Waals surface area contributed by atoms with Gasteiger partial charge in [-0.3, -0.25) is 4.79 Å². The maximum Gasteiger partial charge on any atom is 0.289 e. The fourth-order valence-corrected chi connectivity index (χ4v) is 3.33. The number of nitrogens with zero attached hydrogens (tertiary/aromatic N) is 2. The lowest BCUT2D eigenvalue weighted by Gasteiger charge is -2.22. The molecule has 2 saturated heterocycles. The molecular weight excluding hydrogens is 280 g/mol. The highest BCUT2D eigenvalue weighted by Crippen LogP contribution is 2.28. The van der Waals surface area contributed by atoms with Crippen LogP contribution in [0.1, 0.15) is 17.0 Å². The summed E-state index contributed by atoms with van der Waals surface area (Å²) in [4.78, 5) is 18.9. The first kappa shape index (κ1) is 13.3. The van der Waals surface area contributed by atoms with Crippen molar-refractivity contribution < 1.29 is 9.21 Å². The summed E-state index contributed by atoms with van der Waals surface area (Å²) in [7, 11) is 0. The molecule has 0 aliphatic carbocycles. The van der Waals surface area contributed by atoms with E-state index >= 15 is 0 Å². The molecule has 2 aromatic rings. The number of nitrogens with two attached hydrogens (primary N) is 1. The minimum absolute atomic E-state index is 0.187. The number of carbonyl (C=O) groups excluding carboxylic acids is 1. The average molecular weight is 298 g/mol. The van der Waals surface area contributed by atoms with Crippen LogP contribution in [0.5, 0.6) is 0 Å². The molecule has 0 spiro atoms. The van der Waals surface area contributed by atoms with E-state index in [4.69, 9.17) is 10.2 Å². The van der Waals surface area contributed by atoms with Crippen molar-refractivity contribution in [3.63, 3.8) is 0 Å². The van der Waals surface area contributed by atoms with E-state index in [2.05, 4.69) is 15.2 Å². The molecule has 0 radical (unpaired) electrons. The van der Waals surface area contributed by atoms with Gasteiger partial charge in [0.2, 0.25) is 11.7 Å². The number of benzene rings is 1. The second-order valence-electron chi connectivity index (χ2n) is 6.04. The highest BCUT2D eigenvalue weighted by atomic mass is 16.4. The highest BCUT2D eigenvalue weighted by molar-refractivity contribution is 5.91. The molecule has 3 atom stereocenters. The fraction of sp³-hybridized carbons (Fsp3) is 0.375. The van der Waals surface area contributed by atoms with Crippen molar-refractivity contribution in [3.8, 4) is 11.5 Å². The standard InChI is InChI=1S/C16H18N4O2/c17-12-3-1-10(2-4-12)16-18-7-14(22-16)15(21)19-13-9-20-6-5-11(13)8-20/h1-4,7,11,13H,5-6,8-9,17H2,(H,19,21)/t11-,13-/m0/s1. The molecule has 0 saturated carbocycles. The van der Waals surface area contributed by atoms with Crippen LogP contribution in [0.25, 0.3) is 11.5 Å². The second-order valence-corrected chi connectivity index (χ2v) is 6.04. The normalized spacial score (nSPS) is 26.3. The first-order chi connectivity index (χ1) is 10.7. The van der Waals surface area contributed by atoms with Crippen molar-refractivity contribution in [1.82, 2.24) is 15.2 Å². The number of oxazole rings is 1. The molecule has 3 N–H and O–H groups in total. The van der Waals surface area contributed by atoms with E-state index in [9.17, 15) is 4.79 Å². The second kappa shape index (κ2) is 5.14. The maximum absolute atomic E-state index is 12.3. The van der Waals surface area contributed by atoms with E-state index in [1.807, 2.05) is 12.1 Å². The van der Waals surface area contributed by atoms with Crippen LogP contribution in [0.15, 0.2) is 34.9 Å². The largest absolute Gasteiger partial charge is 0.431 e. The Morgan fingerprint density at radius 2 is 2.14 bits per heavy atom. The number of anilines is 1. The molecule has 114 valence electrons. The van der Waals surface area contributed by atoms with Crippen molar-refractivity contribution >= 4 is 11.6 Å². The van der Waals surface area contributed by atoms with Gasteiger partial charge in [0, 0.05) is 30.4 Å². The van der Waals surface area contributed by atoms with Gasteiger partial charge >= 0.3 is 0 Å². The van der Waals surface area contributed by atoms with Crippen LogP contribution >= 0.6 is 0 Å². The number of hydrogen-bond acceptors (Lipinski definition) is 5. The van der Waals surface area contributed by atoms with Gasteiger partial charge in [-0.2, -0.15) is 0 Å². The molecule has 2 bridgehead atoms. The molecule has 1 unspecified atom stereocenters. The number of hydrogen-bond donors (Lipinski definition) is 2. The zero-order valence-electron chi connectivity index (χ0n) is 12.2. The molecule has 2 fully saturated rings. The van der Waals surface area contributed by atoms with Gasteiger partial charge in [0.05, 0.1) is 6.20 Å². The van der Waals surface area contributed by atoms with Gasteiger partial charge in [-0.1, -0.05) is 0 Å². The average Bonchev–Trinajstić information content (AvgIpc) is 3.24. The quantitative estimate of drug-likeness (QED) is 0.836. The number of piperidine rings is 1. The van der Waals surface area contributed by atoms with Crippen LogP contribution < -0.4 is 11.1 Å². The van der Waals surface area contributed by atoms with Gasteiger partial charge < -0.3 is 20.4 Å². The summed E-state index contributed by atoms with van der Waals surface area (Å²) < 4.78 is 5.58. The summed E-state index contributed by atoms with van der Waals surface area (Å²) in [6.07, 6.45) is 2.65. The Labute approximate surface area is 128 Å². The minimum Gasteiger partial charge on any atom is -0.431 e. The van der Waals surface area contributed by atoms with Gasteiger partial charge in [0.1, 0.15) is 0 Å². The summed E-state index contributed by atoms with van der Waals surface area (Å²) in [5.41, 5.74) is 7.15. The van der Waals surface area contributed by atoms with Crippen LogP contribution in [0.4, 0.5) is 5.69 Å². The SMILES string of the molecule is Nc1ccc(-c2ncc(C(=O)N[C@H]3CN4CC[C@H]3C4)o2)cc1. The Bertz CT molecular complexity index is 694. The molecule has 2 aliphatic heterocycles. The first-order valence-corrected chi connectivity index (χ1v) is 7.54. The van der Waals surface area contributed by atoms with E-state index < -0.39 is 0 Å². The van der Waals surface area contributed by atoms with Crippen LogP contribution in [0.3, 0.4) is 0 Å². The Kier molecular flexibility index (Phi) is 3.11. The highest BCUT2D eigenvalue weighted by Gasteiger charge is 2.39. The lowest BCUT2D eigenvalue weighted by Crippen LogP contribution is -2.43. The fourth-order valence-electron chi connectivity index (χ4n) is 3.33. The Balaban J connectivity index is 1.46. The van der Waals surface area contributed by atoms with Crippen molar-refractivity contribution in [2.75, 3.05) is 25.4 Å². The minimum atomic E-state index is -0.187. The zero-order valence-corrected chi connectivity index (χ0v) is 12.2. The predicted molar refractivity (Wildman–Crippen MR) is 82.2 cm³/mol. The molecule has 22 heavy (non-hydrogen) atoms. The third kappa shape index (κ3) is 2.35. The monoisotopic (exact) mass is 298 g/mol. The van der Waals surface area contributed by atoms with Gasteiger partial charge in [-0.25, -0.2) is 4.98 Å². The van der Waals surface area contributed by atoms with E-state index in [-0.39, 0.29) is 17.7 Å². The summed E-state index contributed by atoms with van der Waals surface area (Å²) in [6.45, 7) is 3.19. The van der Waals surface area contributed by atoms with Crippen LogP contribution in [-0.4, -0.2) is 41.5 Å². The number of fused-ring (bicyclic) bond motifs is 2. The number of carbonyl (C=O) groups is 1. The molecular formula is C16H18N4O2. The van der Waals surface area contributed by atoms with E-state index in [0.29, 0.717) is 17.5 Å². The van der Waals surface area contributed by atoms with Crippen LogP contribution in [0, 0.1) is 5.92 Å². The Morgan fingerprint density at radius 1 is 1.32 bits per heavy atom. The third-order valence-electron chi connectivity index (χ3n) is 4.54. The van der Waals surface area contributed by atoms with Crippen molar-refractivity contribution in [2.45, 2.75) is 12.5 Å². The molecule has 3 heterocycles. The van der Waals surface area contributed by atoms with Gasteiger partial charge in [-0.05, 0) is 43.1 Å². The van der Waals surface area contributed by atoms with Crippen molar-refractivity contribution in [3.05, 3.63) is 36.2 Å². The van der Waals surface area contributed by atoms with Gasteiger partial charge in [-0.15, -0.1) is 0 Å². The summed E-state index contributed by atoms with van der Waals surface area (Å²) in [5, 5.41) is 3.07. The number of nitrogen functional groups attached to an aromatic ring is 1. The molecule has 6 nitrogen and oxygen atoms in total. The third-order valence-corrected chi connectivity index (χ3v) is 4.54. The first-order valence-electron chi connectivity index (χ1n) is 7.54. The molecule has 1 aromatic carbocycles. The van der Waals surface area contributed by atoms with E-state index in [0.717, 1.165) is 31.6 Å². The Hall–Kier alpha value is -2.34. The van der Waals surface area contributed by atoms with E-state index in [1.165, 1.54) is 6.20 Å². The number of amides is 1. The number of nitrogens with one attached hydrogen (secondary N) is 1. The van der Waals surface area contributed by atoms with Gasteiger partial charge in [0.25, 0.3) is 5.91 Å². The van der Waals surface area contributed by atoms with E-state index in [1.54, 1.807) is 12.1 Å². The zero-order chi connectivity index (χ0) is 15.1. The summed E-state index contributed by atoms with van der Waals surface area (Å²) >= 11 is 0. The Morgan fingerprint density at radius 3 is 2.82 bits per heavy atom. The molecule has 1 amide bonds. The topological polar surface area (TPSA) is 84.4 Å². The molecule has 1 aromatic heterocycles. The summed E-state index contributed by atoms with van der Waals surface area (Å²) in [5.74, 6) is 1.07. The molecule has 4 rings (SSSR count). The lowest BCUT2D eigenvalue weighted by atomic mass is 10.00. The van der Waals surface area contributed by atoms with Gasteiger partial charge in [0.15, 0.2) is 0 Å². The van der Waals surface area contributed by atoms with Crippen molar-refractivity contribution in [2.24, 2.45) is 5.92 Å². The maximum atomic E-state index is 12.3. The van der Waals surface area contributed by atoms with Crippen LogP contribution in [0.2, 0.25) is 0 Å². The smallest absolute Gasteiger partial charge is 0.289 e.